The van der Waals surface area contributed by atoms with Crippen molar-refractivity contribution in [1.29, 1.82) is 0 Å². The van der Waals surface area contributed by atoms with Crippen LogP contribution in [0.15, 0.2) is 54.3 Å². The smallest absolute Gasteiger partial charge is 0.115 e. The van der Waals surface area contributed by atoms with Crippen LogP contribution in [0, 0.1) is 0 Å². The zero-order valence-corrected chi connectivity index (χ0v) is 7.72. The first kappa shape index (κ1) is 9.03. The molecule has 1 unspecified atom stereocenters. The summed E-state index contributed by atoms with van der Waals surface area (Å²) in [4.78, 5) is 0. The molecule has 0 saturated heterocycles. The van der Waals surface area contributed by atoms with E-state index in [1.54, 1.807) is 18.2 Å². The molecule has 0 saturated carbocycles. The second-order valence-electron chi connectivity index (χ2n) is 3.48. The molecule has 0 aromatic heterocycles. The van der Waals surface area contributed by atoms with Crippen molar-refractivity contribution in [2.45, 2.75) is 12.0 Å². The molecule has 0 bridgehead atoms. The van der Waals surface area contributed by atoms with E-state index in [1.165, 1.54) is 0 Å². The van der Waals surface area contributed by atoms with Crippen LogP contribution in [0.1, 0.15) is 12.0 Å². The van der Waals surface area contributed by atoms with Crippen LogP contribution >= 0.6 is 0 Å². The first-order chi connectivity index (χ1) is 6.71. The second-order valence-corrected chi connectivity index (χ2v) is 3.48. The number of allylic oxidation sites excluding steroid dienone is 2. The van der Waals surface area contributed by atoms with Gasteiger partial charge in [-0.3, -0.25) is 0 Å². The summed E-state index contributed by atoms with van der Waals surface area (Å²) < 4.78 is 0. The average Bonchev–Trinajstić information content (AvgIpc) is 2.19. The third-order valence-electron chi connectivity index (χ3n) is 2.38. The standard InChI is InChI=1S/C12H12O2/c13-11-7-4-8-12(14,9-11)10-5-2-1-3-6-10/h1-8,13-14H,9H2. The third-order valence-corrected chi connectivity index (χ3v) is 2.38. The minimum atomic E-state index is -1.06. The van der Waals surface area contributed by atoms with Crippen LogP contribution in [-0.2, 0) is 5.60 Å². The molecule has 0 aliphatic heterocycles. The Morgan fingerprint density at radius 1 is 1.14 bits per heavy atom. The fraction of sp³-hybridized carbons (Fsp3) is 0.167. The Morgan fingerprint density at radius 3 is 2.50 bits per heavy atom. The molecule has 0 spiro atoms. The predicted octanol–water partition coefficient (Wildman–Crippen LogP) is 2.28. The van der Waals surface area contributed by atoms with Gasteiger partial charge >= 0.3 is 0 Å². The maximum absolute atomic E-state index is 10.2. The van der Waals surface area contributed by atoms with Crippen LogP contribution in [-0.4, -0.2) is 10.2 Å². The second kappa shape index (κ2) is 3.31. The van der Waals surface area contributed by atoms with E-state index in [1.807, 2.05) is 30.3 Å². The number of rotatable bonds is 1. The summed E-state index contributed by atoms with van der Waals surface area (Å²) in [7, 11) is 0. The van der Waals surface area contributed by atoms with Crippen molar-refractivity contribution in [2.24, 2.45) is 0 Å². The van der Waals surface area contributed by atoms with Gasteiger partial charge < -0.3 is 10.2 Å². The van der Waals surface area contributed by atoms with E-state index in [0.29, 0.717) is 0 Å². The monoisotopic (exact) mass is 188 g/mol. The van der Waals surface area contributed by atoms with E-state index < -0.39 is 5.60 Å². The fourth-order valence-corrected chi connectivity index (χ4v) is 1.64. The largest absolute Gasteiger partial charge is 0.512 e. The molecule has 2 nitrogen and oxygen atoms in total. The Morgan fingerprint density at radius 2 is 1.86 bits per heavy atom. The predicted molar refractivity (Wildman–Crippen MR) is 54.8 cm³/mol. The number of aliphatic hydroxyl groups excluding tert-OH is 1. The summed E-state index contributed by atoms with van der Waals surface area (Å²) in [6.07, 6.45) is 5.21. The van der Waals surface area contributed by atoms with Gasteiger partial charge in [0.2, 0.25) is 0 Å². The summed E-state index contributed by atoms with van der Waals surface area (Å²) in [5.41, 5.74) is -0.254. The van der Waals surface area contributed by atoms with E-state index >= 15 is 0 Å². The van der Waals surface area contributed by atoms with Gasteiger partial charge in [-0.15, -0.1) is 0 Å². The van der Waals surface area contributed by atoms with E-state index in [0.717, 1.165) is 5.56 Å². The molecule has 1 aromatic carbocycles. The topological polar surface area (TPSA) is 40.5 Å². The molecule has 0 fully saturated rings. The van der Waals surface area contributed by atoms with Crippen molar-refractivity contribution in [3.63, 3.8) is 0 Å². The van der Waals surface area contributed by atoms with Crippen LogP contribution in [0.3, 0.4) is 0 Å². The van der Waals surface area contributed by atoms with Crippen LogP contribution in [0.5, 0.6) is 0 Å². The zero-order chi connectivity index (χ0) is 10.0. The van der Waals surface area contributed by atoms with Gasteiger partial charge in [0.1, 0.15) is 5.60 Å². The molecule has 1 aromatic rings. The van der Waals surface area contributed by atoms with E-state index in [2.05, 4.69) is 0 Å². The lowest BCUT2D eigenvalue weighted by Crippen LogP contribution is -2.25. The Hall–Kier alpha value is -1.54. The molecule has 0 amide bonds. The molecular weight excluding hydrogens is 176 g/mol. The average molecular weight is 188 g/mol. The van der Waals surface area contributed by atoms with Gasteiger partial charge in [-0.25, -0.2) is 0 Å². The van der Waals surface area contributed by atoms with Gasteiger partial charge in [0, 0.05) is 6.42 Å². The van der Waals surface area contributed by atoms with E-state index in [9.17, 15) is 10.2 Å². The lowest BCUT2D eigenvalue weighted by molar-refractivity contribution is 0.0752. The first-order valence-electron chi connectivity index (χ1n) is 4.56. The number of benzene rings is 1. The van der Waals surface area contributed by atoms with Crippen molar-refractivity contribution in [3.05, 3.63) is 59.9 Å². The summed E-state index contributed by atoms with van der Waals surface area (Å²) in [6.45, 7) is 0. The van der Waals surface area contributed by atoms with Gasteiger partial charge in [0.05, 0.1) is 5.76 Å². The molecule has 2 N–H and O–H groups in total. The van der Waals surface area contributed by atoms with Gasteiger partial charge in [-0.1, -0.05) is 36.4 Å². The Labute approximate surface area is 82.8 Å². The Bertz CT molecular complexity index is 379. The van der Waals surface area contributed by atoms with Gasteiger partial charge in [0.25, 0.3) is 0 Å². The molecule has 14 heavy (non-hydrogen) atoms. The Balaban J connectivity index is 2.35. The molecule has 1 aliphatic carbocycles. The van der Waals surface area contributed by atoms with Crippen LogP contribution < -0.4 is 0 Å². The summed E-state index contributed by atoms with van der Waals surface area (Å²) in [5, 5.41) is 19.6. The highest BCUT2D eigenvalue weighted by Crippen LogP contribution is 2.31. The normalized spacial score (nSPS) is 25.9. The molecule has 1 atom stereocenters. The lowest BCUT2D eigenvalue weighted by atomic mass is 9.87. The first-order valence-corrected chi connectivity index (χ1v) is 4.56. The van der Waals surface area contributed by atoms with Crippen LogP contribution in [0.2, 0.25) is 0 Å². The molecule has 0 radical (unpaired) electrons. The van der Waals surface area contributed by atoms with Crippen molar-refractivity contribution in [1.82, 2.24) is 0 Å². The van der Waals surface area contributed by atoms with Gasteiger partial charge in [0.15, 0.2) is 0 Å². The minimum Gasteiger partial charge on any atom is -0.512 e. The van der Waals surface area contributed by atoms with Crippen molar-refractivity contribution in [2.75, 3.05) is 0 Å². The van der Waals surface area contributed by atoms with E-state index in [4.69, 9.17) is 0 Å². The lowest BCUT2D eigenvalue weighted by Gasteiger charge is -2.26. The highest BCUT2D eigenvalue weighted by molar-refractivity contribution is 5.33. The Kier molecular flexibility index (Phi) is 2.14. The quantitative estimate of drug-likeness (QED) is 0.709. The summed E-state index contributed by atoms with van der Waals surface area (Å²) in [6, 6.07) is 9.34. The number of aliphatic hydroxyl groups is 2. The van der Waals surface area contributed by atoms with E-state index in [-0.39, 0.29) is 12.2 Å². The minimum absolute atomic E-state index is 0.207. The van der Waals surface area contributed by atoms with Gasteiger partial charge in [-0.2, -0.15) is 0 Å². The molecular formula is C12H12O2. The van der Waals surface area contributed by atoms with Crippen molar-refractivity contribution >= 4 is 0 Å². The number of hydrogen-bond acceptors (Lipinski definition) is 2. The SMILES string of the molecule is OC1=CC=CC(O)(c2ccccc2)C1. The molecule has 72 valence electrons. The van der Waals surface area contributed by atoms with Gasteiger partial charge in [-0.05, 0) is 17.7 Å². The maximum atomic E-state index is 10.2. The fourth-order valence-electron chi connectivity index (χ4n) is 1.64. The van der Waals surface area contributed by atoms with Crippen LogP contribution in [0.25, 0.3) is 0 Å². The highest BCUT2D eigenvalue weighted by Gasteiger charge is 2.28. The molecule has 0 heterocycles. The highest BCUT2D eigenvalue weighted by atomic mass is 16.3. The molecule has 2 heteroatoms. The van der Waals surface area contributed by atoms with Crippen LogP contribution in [0.4, 0.5) is 0 Å². The number of hydrogen-bond donors (Lipinski definition) is 2. The summed E-state index contributed by atoms with van der Waals surface area (Å²) >= 11 is 0. The van der Waals surface area contributed by atoms with Crippen molar-refractivity contribution < 1.29 is 10.2 Å². The zero-order valence-electron chi connectivity index (χ0n) is 7.72. The molecule has 2 rings (SSSR count). The maximum Gasteiger partial charge on any atom is 0.115 e. The summed E-state index contributed by atoms with van der Waals surface area (Å²) in [5.74, 6) is 0.207. The third kappa shape index (κ3) is 1.56. The molecule has 1 aliphatic rings. The van der Waals surface area contributed by atoms with Crippen molar-refractivity contribution in [3.8, 4) is 0 Å².